The summed E-state index contributed by atoms with van der Waals surface area (Å²) < 4.78 is 16.7. The summed E-state index contributed by atoms with van der Waals surface area (Å²) in [6.45, 7) is 3.62. The quantitative estimate of drug-likeness (QED) is 0.582. The number of carbonyl (C=O) groups excluding carboxylic acids is 1. The molecule has 6 nitrogen and oxygen atoms in total. The molecule has 1 fully saturated rings. The number of aliphatic hydroxyl groups is 1. The normalized spacial score (nSPS) is 24.7. The van der Waals surface area contributed by atoms with Crippen LogP contribution in [-0.4, -0.2) is 56.0 Å². The van der Waals surface area contributed by atoms with E-state index in [-0.39, 0.29) is 24.7 Å². The lowest BCUT2D eigenvalue weighted by Crippen LogP contribution is -2.49. The summed E-state index contributed by atoms with van der Waals surface area (Å²) in [6.07, 6.45) is 4.42. The van der Waals surface area contributed by atoms with Crippen molar-refractivity contribution in [3.05, 3.63) is 23.3 Å². The van der Waals surface area contributed by atoms with Crippen LogP contribution in [0.3, 0.4) is 0 Å². The second kappa shape index (κ2) is 8.93. The molecular weight excluding hydrogens is 346 g/mol. The van der Waals surface area contributed by atoms with E-state index in [0.717, 1.165) is 56.7 Å². The molecule has 3 atom stereocenters. The second-order valence-electron chi connectivity index (χ2n) is 7.53. The molecule has 27 heavy (non-hydrogen) atoms. The number of aliphatic hydroxyl groups excluding tert-OH is 1. The van der Waals surface area contributed by atoms with Crippen LogP contribution < -0.4 is 9.47 Å². The van der Waals surface area contributed by atoms with Crippen LogP contribution in [-0.2, 0) is 16.0 Å². The van der Waals surface area contributed by atoms with Crippen molar-refractivity contribution < 1.29 is 24.1 Å². The zero-order chi connectivity index (χ0) is 19.4. The van der Waals surface area contributed by atoms with Gasteiger partial charge in [-0.25, -0.2) is 0 Å². The molecule has 2 heterocycles. The van der Waals surface area contributed by atoms with E-state index in [1.807, 2.05) is 0 Å². The molecule has 0 spiro atoms. The minimum atomic E-state index is -0.219. The highest BCUT2D eigenvalue weighted by Gasteiger charge is 2.40. The van der Waals surface area contributed by atoms with Gasteiger partial charge in [-0.05, 0) is 42.5 Å². The van der Waals surface area contributed by atoms with Crippen LogP contribution in [0.1, 0.15) is 49.8 Å². The standard InChI is InChI=1S/C21H31NO5/c1-14(24)27-19-12-18-17-11-21(26-3)20(25-2)10-15(17)7-8-22(18)13-16(19)6-4-5-9-23/h10-11,16,18-19,23H,4-9,12-13H2,1-3H3/t16-,18-,19-/m1/s1. The molecule has 2 aliphatic heterocycles. The van der Waals surface area contributed by atoms with Gasteiger partial charge in [-0.1, -0.05) is 6.42 Å². The average molecular weight is 377 g/mol. The summed E-state index contributed by atoms with van der Waals surface area (Å²) in [6, 6.07) is 4.40. The number of hydrogen-bond donors (Lipinski definition) is 1. The van der Waals surface area contributed by atoms with Gasteiger partial charge in [-0.15, -0.1) is 0 Å². The summed E-state index contributed by atoms with van der Waals surface area (Å²) in [4.78, 5) is 14.2. The molecule has 0 aliphatic carbocycles. The Morgan fingerprint density at radius 3 is 2.63 bits per heavy atom. The molecule has 150 valence electrons. The first-order valence-corrected chi connectivity index (χ1v) is 9.84. The first-order valence-electron chi connectivity index (χ1n) is 9.84. The fourth-order valence-electron chi connectivity index (χ4n) is 4.56. The van der Waals surface area contributed by atoms with E-state index in [0.29, 0.717) is 5.92 Å². The first kappa shape index (κ1) is 20.0. The summed E-state index contributed by atoms with van der Waals surface area (Å²) in [5.41, 5.74) is 2.54. The number of ether oxygens (including phenoxy) is 3. The third-order valence-electron chi connectivity index (χ3n) is 5.86. The zero-order valence-corrected chi connectivity index (χ0v) is 16.6. The van der Waals surface area contributed by atoms with Crippen molar-refractivity contribution in [2.24, 2.45) is 5.92 Å². The molecule has 0 radical (unpaired) electrons. The van der Waals surface area contributed by atoms with Gasteiger partial charge in [0.1, 0.15) is 6.10 Å². The van der Waals surface area contributed by atoms with Crippen LogP contribution in [0.2, 0.25) is 0 Å². The van der Waals surface area contributed by atoms with E-state index in [1.54, 1.807) is 14.2 Å². The number of benzene rings is 1. The number of carbonyl (C=O) groups is 1. The predicted molar refractivity (Wildman–Crippen MR) is 102 cm³/mol. The molecule has 1 aromatic carbocycles. The van der Waals surface area contributed by atoms with Crippen molar-refractivity contribution in [3.63, 3.8) is 0 Å². The average Bonchev–Trinajstić information content (AvgIpc) is 2.66. The van der Waals surface area contributed by atoms with Gasteiger partial charge >= 0.3 is 5.97 Å². The van der Waals surface area contributed by atoms with Crippen molar-refractivity contribution in [2.75, 3.05) is 33.9 Å². The smallest absolute Gasteiger partial charge is 0.302 e. The van der Waals surface area contributed by atoms with Gasteiger partial charge in [0.05, 0.1) is 14.2 Å². The van der Waals surface area contributed by atoms with Gasteiger partial charge in [0.25, 0.3) is 0 Å². The largest absolute Gasteiger partial charge is 0.493 e. The highest BCUT2D eigenvalue weighted by molar-refractivity contribution is 5.66. The zero-order valence-electron chi connectivity index (χ0n) is 16.6. The Kier molecular flexibility index (Phi) is 6.60. The SMILES string of the molecule is COc1cc2c(cc1OC)[C@H]1C[C@@H](OC(C)=O)[C@H](CCCCO)CN1CC2. The van der Waals surface area contributed by atoms with E-state index in [2.05, 4.69) is 17.0 Å². The van der Waals surface area contributed by atoms with Crippen LogP contribution in [0.25, 0.3) is 0 Å². The molecular formula is C21H31NO5. The lowest BCUT2D eigenvalue weighted by atomic mass is 9.80. The third-order valence-corrected chi connectivity index (χ3v) is 5.86. The number of piperidine rings is 1. The minimum absolute atomic E-state index is 0.0820. The highest BCUT2D eigenvalue weighted by atomic mass is 16.5. The molecule has 1 aromatic rings. The Morgan fingerprint density at radius 1 is 1.22 bits per heavy atom. The van der Waals surface area contributed by atoms with E-state index >= 15 is 0 Å². The number of unbranched alkanes of at least 4 members (excludes halogenated alkanes) is 1. The Balaban J connectivity index is 1.84. The van der Waals surface area contributed by atoms with Crippen LogP contribution in [0, 0.1) is 5.92 Å². The summed E-state index contributed by atoms with van der Waals surface area (Å²) >= 11 is 0. The molecule has 0 bridgehead atoms. The predicted octanol–water partition coefficient (Wildman–Crippen LogP) is 2.72. The van der Waals surface area contributed by atoms with Crippen molar-refractivity contribution in [1.82, 2.24) is 4.90 Å². The van der Waals surface area contributed by atoms with E-state index in [4.69, 9.17) is 19.3 Å². The second-order valence-corrected chi connectivity index (χ2v) is 7.53. The molecule has 1 N–H and O–H groups in total. The highest BCUT2D eigenvalue weighted by Crippen LogP contribution is 2.44. The molecule has 3 rings (SSSR count). The molecule has 0 aromatic heterocycles. The Morgan fingerprint density at radius 2 is 1.96 bits per heavy atom. The molecule has 0 unspecified atom stereocenters. The van der Waals surface area contributed by atoms with Crippen molar-refractivity contribution >= 4 is 5.97 Å². The number of fused-ring (bicyclic) bond motifs is 3. The first-order chi connectivity index (χ1) is 13.1. The summed E-state index contributed by atoms with van der Waals surface area (Å²) in [7, 11) is 3.32. The van der Waals surface area contributed by atoms with Crippen LogP contribution in [0.15, 0.2) is 12.1 Å². The minimum Gasteiger partial charge on any atom is -0.493 e. The Labute approximate surface area is 161 Å². The van der Waals surface area contributed by atoms with Gasteiger partial charge in [-0.3, -0.25) is 9.69 Å². The molecule has 6 heteroatoms. The maximum absolute atomic E-state index is 11.7. The van der Waals surface area contributed by atoms with Crippen molar-refractivity contribution in [3.8, 4) is 11.5 Å². The molecule has 1 saturated heterocycles. The fraction of sp³-hybridized carbons (Fsp3) is 0.667. The summed E-state index contributed by atoms with van der Waals surface area (Å²) in [5, 5.41) is 9.08. The van der Waals surface area contributed by atoms with Gasteiger partial charge in [0.15, 0.2) is 11.5 Å². The Hall–Kier alpha value is -1.79. The van der Waals surface area contributed by atoms with E-state index in [1.165, 1.54) is 18.1 Å². The number of nitrogens with zero attached hydrogens (tertiary/aromatic N) is 1. The molecule has 0 saturated carbocycles. The van der Waals surface area contributed by atoms with Gasteiger partial charge < -0.3 is 19.3 Å². The fourth-order valence-corrected chi connectivity index (χ4v) is 4.56. The topological polar surface area (TPSA) is 68.2 Å². The Bertz CT molecular complexity index is 662. The van der Waals surface area contributed by atoms with E-state index < -0.39 is 0 Å². The number of methoxy groups -OCH3 is 2. The third kappa shape index (κ3) is 4.38. The number of hydrogen-bond acceptors (Lipinski definition) is 6. The van der Waals surface area contributed by atoms with Crippen LogP contribution >= 0.6 is 0 Å². The van der Waals surface area contributed by atoms with Crippen molar-refractivity contribution in [1.29, 1.82) is 0 Å². The van der Waals surface area contributed by atoms with E-state index in [9.17, 15) is 4.79 Å². The molecule has 2 aliphatic rings. The monoisotopic (exact) mass is 377 g/mol. The van der Waals surface area contributed by atoms with Crippen LogP contribution in [0.5, 0.6) is 11.5 Å². The van der Waals surface area contributed by atoms with Crippen LogP contribution in [0.4, 0.5) is 0 Å². The van der Waals surface area contributed by atoms with Gasteiger partial charge in [0.2, 0.25) is 0 Å². The lowest BCUT2D eigenvalue weighted by Gasteiger charge is -2.46. The number of esters is 1. The molecule has 0 amide bonds. The van der Waals surface area contributed by atoms with Crippen molar-refractivity contribution in [2.45, 2.75) is 51.2 Å². The van der Waals surface area contributed by atoms with Gasteiger partial charge in [-0.2, -0.15) is 0 Å². The van der Waals surface area contributed by atoms with Gasteiger partial charge in [0, 0.05) is 45.0 Å². The maximum Gasteiger partial charge on any atom is 0.302 e. The summed E-state index contributed by atoms with van der Waals surface area (Å²) in [5.74, 6) is 1.61. The lowest BCUT2D eigenvalue weighted by molar-refractivity contribution is -0.154. The number of rotatable bonds is 7. The maximum atomic E-state index is 11.7.